The van der Waals surface area contributed by atoms with Crippen molar-refractivity contribution in [3.05, 3.63) is 71.8 Å². The fourth-order valence-electron chi connectivity index (χ4n) is 2.34. The quantitative estimate of drug-likeness (QED) is 0.766. The van der Waals surface area contributed by atoms with Crippen molar-refractivity contribution in [2.75, 3.05) is 6.54 Å². The van der Waals surface area contributed by atoms with Crippen molar-refractivity contribution in [1.29, 1.82) is 0 Å². The first kappa shape index (κ1) is 16.4. The Labute approximate surface area is 122 Å². The van der Waals surface area contributed by atoms with Gasteiger partial charge in [-0.05, 0) is 24.1 Å². The lowest BCUT2D eigenvalue weighted by molar-refractivity contribution is 0.565. The highest BCUT2D eigenvalue weighted by Crippen LogP contribution is 2.21. The fourth-order valence-corrected chi connectivity index (χ4v) is 2.34. The third-order valence-electron chi connectivity index (χ3n) is 3.39. The largest absolute Gasteiger partial charge is 0.412 e. The van der Waals surface area contributed by atoms with Crippen molar-refractivity contribution in [3.8, 4) is 0 Å². The topological polar surface area (TPSA) is 43.5 Å². The van der Waals surface area contributed by atoms with Gasteiger partial charge in [-0.2, -0.15) is 0 Å². The van der Waals surface area contributed by atoms with Crippen LogP contribution in [0.2, 0.25) is 0 Å². The highest BCUT2D eigenvalue weighted by Gasteiger charge is 2.11. The summed E-state index contributed by atoms with van der Waals surface area (Å²) in [6.07, 6.45) is 3.80. The van der Waals surface area contributed by atoms with E-state index in [-0.39, 0.29) is 5.48 Å². The van der Waals surface area contributed by atoms with Gasteiger partial charge in [0.25, 0.3) is 0 Å². The standard InChI is InChI=1S/C18H23N.H2O/c1-2-3-10-15-19-18(16-11-6-4-7-12-16)17-13-8-5-9-14-17;/h4-9,11-14,18-19H,2-3,10,15H2,1H3;1H2. The molecule has 2 heteroatoms. The Balaban J connectivity index is 0.00000200. The zero-order chi connectivity index (χ0) is 13.3. The van der Waals surface area contributed by atoms with Gasteiger partial charge in [-0.15, -0.1) is 0 Å². The van der Waals surface area contributed by atoms with Crippen LogP contribution >= 0.6 is 0 Å². The second kappa shape index (κ2) is 9.29. The number of unbranched alkanes of at least 4 members (excludes halogenated alkanes) is 2. The predicted molar refractivity (Wildman–Crippen MR) is 85.9 cm³/mol. The molecule has 0 bridgehead atoms. The third-order valence-corrected chi connectivity index (χ3v) is 3.39. The SMILES string of the molecule is CCCCCNC(c1ccccc1)c1ccccc1.O. The lowest BCUT2D eigenvalue weighted by atomic mass is 9.98. The monoisotopic (exact) mass is 271 g/mol. The summed E-state index contributed by atoms with van der Waals surface area (Å²) < 4.78 is 0. The highest BCUT2D eigenvalue weighted by molar-refractivity contribution is 5.31. The van der Waals surface area contributed by atoms with Crippen molar-refractivity contribution in [2.24, 2.45) is 0 Å². The number of nitrogens with one attached hydrogen (secondary N) is 1. The van der Waals surface area contributed by atoms with E-state index >= 15 is 0 Å². The highest BCUT2D eigenvalue weighted by atomic mass is 16.0. The molecule has 0 aromatic heterocycles. The summed E-state index contributed by atoms with van der Waals surface area (Å²) in [5.74, 6) is 0. The Hall–Kier alpha value is -1.64. The van der Waals surface area contributed by atoms with Gasteiger partial charge < -0.3 is 10.8 Å². The van der Waals surface area contributed by atoms with Gasteiger partial charge >= 0.3 is 0 Å². The molecule has 0 aliphatic rings. The van der Waals surface area contributed by atoms with E-state index in [9.17, 15) is 0 Å². The van der Waals surface area contributed by atoms with Crippen molar-refractivity contribution in [1.82, 2.24) is 5.32 Å². The molecule has 0 aliphatic carbocycles. The van der Waals surface area contributed by atoms with Gasteiger partial charge in [0, 0.05) is 0 Å². The number of hydrogen-bond donors (Lipinski definition) is 1. The molecule has 0 unspecified atom stereocenters. The van der Waals surface area contributed by atoms with Gasteiger partial charge in [-0.25, -0.2) is 0 Å². The summed E-state index contributed by atoms with van der Waals surface area (Å²) in [6.45, 7) is 3.31. The van der Waals surface area contributed by atoms with E-state index in [0.29, 0.717) is 6.04 Å². The molecule has 2 rings (SSSR count). The van der Waals surface area contributed by atoms with E-state index in [2.05, 4.69) is 72.9 Å². The van der Waals surface area contributed by atoms with E-state index in [0.717, 1.165) is 6.54 Å². The molecular weight excluding hydrogens is 246 g/mol. The minimum absolute atomic E-state index is 0. The first-order chi connectivity index (χ1) is 9.42. The molecule has 0 saturated carbocycles. The van der Waals surface area contributed by atoms with Crippen molar-refractivity contribution < 1.29 is 5.48 Å². The van der Waals surface area contributed by atoms with Gasteiger partial charge in [-0.1, -0.05) is 80.4 Å². The molecule has 0 aliphatic heterocycles. The summed E-state index contributed by atoms with van der Waals surface area (Å²) in [4.78, 5) is 0. The number of rotatable bonds is 7. The molecule has 0 saturated heterocycles. The zero-order valence-corrected chi connectivity index (χ0v) is 12.2. The summed E-state index contributed by atoms with van der Waals surface area (Å²) in [7, 11) is 0. The van der Waals surface area contributed by atoms with Crippen LogP contribution in [0.15, 0.2) is 60.7 Å². The molecule has 2 aromatic carbocycles. The van der Waals surface area contributed by atoms with E-state index < -0.39 is 0 Å². The van der Waals surface area contributed by atoms with Crippen molar-refractivity contribution >= 4 is 0 Å². The minimum Gasteiger partial charge on any atom is -0.412 e. The fraction of sp³-hybridized carbons (Fsp3) is 0.333. The first-order valence-electron chi connectivity index (χ1n) is 7.25. The molecule has 108 valence electrons. The molecule has 3 N–H and O–H groups in total. The average molecular weight is 271 g/mol. The summed E-state index contributed by atoms with van der Waals surface area (Å²) >= 11 is 0. The predicted octanol–water partition coefficient (Wildman–Crippen LogP) is 3.73. The molecule has 2 nitrogen and oxygen atoms in total. The van der Waals surface area contributed by atoms with E-state index in [1.54, 1.807) is 0 Å². The normalized spacial score (nSPS) is 10.3. The van der Waals surface area contributed by atoms with E-state index in [4.69, 9.17) is 0 Å². The lowest BCUT2D eigenvalue weighted by Gasteiger charge is -2.19. The van der Waals surface area contributed by atoms with Crippen LogP contribution in [-0.4, -0.2) is 12.0 Å². The van der Waals surface area contributed by atoms with Gasteiger partial charge in [0.05, 0.1) is 6.04 Å². The van der Waals surface area contributed by atoms with Gasteiger partial charge in [0.15, 0.2) is 0 Å². The molecule has 0 fully saturated rings. The molecule has 2 aromatic rings. The molecule has 0 amide bonds. The Kier molecular flexibility index (Phi) is 7.63. The third kappa shape index (κ3) is 4.80. The van der Waals surface area contributed by atoms with E-state index in [1.165, 1.54) is 30.4 Å². The zero-order valence-electron chi connectivity index (χ0n) is 12.2. The summed E-state index contributed by atoms with van der Waals surface area (Å²) in [5, 5.41) is 3.69. The lowest BCUT2D eigenvalue weighted by Crippen LogP contribution is -2.23. The molecule has 0 atom stereocenters. The molecule has 20 heavy (non-hydrogen) atoms. The Morgan fingerprint density at radius 1 is 0.800 bits per heavy atom. The second-order valence-electron chi connectivity index (χ2n) is 4.92. The molecule has 0 heterocycles. The Morgan fingerprint density at radius 2 is 1.30 bits per heavy atom. The van der Waals surface area contributed by atoms with Crippen molar-refractivity contribution in [3.63, 3.8) is 0 Å². The van der Waals surface area contributed by atoms with Crippen LogP contribution in [0.3, 0.4) is 0 Å². The average Bonchev–Trinajstić information content (AvgIpc) is 2.49. The van der Waals surface area contributed by atoms with Gasteiger partial charge in [0.2, 0.25) is 0 Å². The number of hydrogen-bond acceptors (Lipinski definition) is 1. The Morgan fingerprint density at radius 3 is 1.75 bits per heavy atom. The van der Waals surface area contributed by atoms with Crippen LogP contribution < -0.4 is 5.32 Å². The van der Waals surface area contributed by atoms with Crippen molar-refractivity contribution in [2.45, 2.75) is 32.2 Å². The maximum atomic E-state index is 3.69. The molecule has 0 spiro atoms. The van der Waals surface area contributed by atoms with Gasteiger partial charge in [-0.3, -0.25) is 0 Å². The van der Waals surface area contributed by atoms with Gasteiger partial charge in [0.1, 0.15) is 0 Å². The smallest absolute Gasteiger partial charge is 0.0576 e. The van der Waals surface area contributed by atoms with Crippen LogP contribution in [0.1, 0.15) is 43.4 Å². The second-order valence-corrected chi connectivity index (χ2v) is 4.92. The first-order valence-corrected chi connectivity index (χ1v) is 7.25. The maximum absolute atomic E-state index is 3.69. The summed E-state index contributed by atoms with van der Waals surface area (Å²) in [5.41, 5.74) is 2.68. The Bertz CT molecular complexity index is 416. The van der Waals surface area contributed by atoms with Crippen LogP contribution in [0.4, 0.5) is 0 Å². The number of benzene rings is 2. The molecule has 0 radical (unpaired) electrons. The van der Waals surface area contributed by atoms with Crippen LogP contribution in [0.5, 0.6) is 0 Å². The maximum Gasteiger partial charge on any atom is 0.0576 e. The minimum atomic E-state index is 0. The van der Waals surface area contributed by atoms with E-state index in [1.807, 2.05) is 0 Å². The summed E-state index contributed by atoms with van der Waals surface area (Å²) in [6, 6.07) is 21.7. The van der Waals surface area contributed by atoms with Crippen LogP contribution in [0, 0.1) is 0 Å². The van der Waals surface area contributed by atoms with Crippen LogP contribution in [0.25, 0.3) is 0 Å². The van der Waals surface area contributed by atoms with Crippen LogP contribution in [-0.2, 0) is 0 Å². The molecular formula is C18H25NO.